The van der Waals surface area contributed by atoms with Crippen molar-refractivity contribution >= 4 is 5.91 Å². The predicted molar refractivity (Wildman–Crippen MR) is 76.7 cm³/mol. The molecule has 0 fully saturated rings. The van der Waals surface area contributed by atoms with Crippen molar-refractivity contribution in [2.75, 3.05) is 53.4 Å². The highest BCUT2D eigenvalue weighted by Gasteiger charge is 2.03. The van der Waals surface area contributed by atoms with E-state index in [-0.39, 0.29) is 5.91 Å². The van der Waals surface area contributed by atoms with Gasteiger partial charge < -0.3 is 16.0 Å². The van der Waals surface area contributed by atoms with Crippen LogP contribution >= 0.6 is 0 Å². The van der Waals surface area contributed by atoms with Gasteiger partial charge in [0.15, 0.2) is 0 Å². The summed E-state index contributed by atoms with van der Waals surface area (Å²) in [6, 6.07) is 0. The first-order valence-corrected chi connectivity index (χ1v) is 6.70. The van der Waals surface area contributed by atoms with Crippen molar-refractivity contribution in [1.29, 1.82) is 0 Å². The number of likely N-dealkylation sites (N-methyl/N-ethyl adjacent to an activating group) is 2. The van der Waals surface area contributed by atoms with Crippen LogP contribution in [0.1, 0.15) is 13.3 Å². The summed E-state index contributed by atoms with van der Waals surface area (Å²) in [5.41, 5.74) is 0. The zero-order valence-electron chi connectivity index (χ0n) is 12.0. The fourth-order valence-electron chi connectivity index (χ4n) is 1.50. The summed E-state index contributed by atoms with van der Waals surface area (Å²) in [5.74, 6) is -0.000895. The highest BCUT2D eigenvalue weighted by Crippen LogP contribution is 1.86. The van der Waals surface area contributed by atoms with Gasteiger partial charge in [-0.2, -0.15) is 0 Å². The van der Waals surface area contributed by atoms with Crippen LogP contribution < -0.4 is 16.0 Å². The molecular formula is C13H28N4O. The fraction of sp³-hybridized carbons (Fsp3) is 0.769. The Hall–Kier alpha value is -0.910. The van der Waals surface area contributed by atoms with Crippen molar-refractivity contribution in [2.24, 2.45) is 0 Å². The molecule has 1 amide bonds. The second-order valence-corrected chi connectivity index (χ2v) is 4.15. The first-order chi connectivity index (χ1) is 8.74. The van der Waals surface area contributed by atoms with Crippen LogP contribution in [0.4, 0.5) is 0 Å². The Morgan fingerprint density at radius 2 is 1.61 bits per heavy atom. The lowest BCUT2D eigenvalue weighted by molar-refractivity contribution is -0.116. The maximum Gasteiger partial charge on any atom is 0.243 e. The zero-order valence-corrected chi connectivity index (χ0v) is 12.0. The second kappa shape index (κ2) is 12.5. The van der Waals surface area contributed by atoms with Crippen molar-refractivity contribution in [2.45, 2.75) is 13.3 Å². The maximum atomic E-state index is 11.4. The highest BCUT2D eigenvalue weighted by molar-refractivity contribution is 5.87. The topological polar surface area (TPSA) is 56.4 Å². The molecule has 0 aromatic carbocycles. The van der Waals surface area contributed by atoms with Crippen LogP contribution in [0.2, 0.25) is 0 Å². The molecule has 0 heterocycles. The van der Waals surface area contributed by atoms with Crippen molar-refractivity contribution in [3.63, 3.8) is 0 Å². The predicted octanol–water partition coefficient (Wildman–Crippen LogP) is -0.190. The standard InChI is InChI=1S/C13H28N4O/c1-4-5-6-13(18)16-9-12-17(10-7-14-2)11-8-15-3/h5-6,14-15H,4,7-12H2,1-3H3,(H,16,18)/b6-5+. The SMILES string of the molecule is CC/C=C/C(=O)NCCN(CCNC)CCNC. The fourth-order valence-corrected chi connectivity index (χ4v) is 1.50. The number of rotatable bonds is 11. The van der Waals surface area contributed by atoms with Crippen LogP contribution in [-0.4, -0.2) is 64.2 Å². The van der Waals surface area contributed by atoms with Gasteiger partial charge in [-0.1, -0.05) is 13.0 Å². The lowest BCUT2D eigenvalue weighted by Crippen LogP contribution is -2.40. The molecule has 0 bridgehead atoms. The Labute approximate surface area is 111 Å². The molecule has 0 saturated carbocycles. The van der Waals surface area contributed by atoms with Crippen molar-refractivity contribution in [3.8, 4) is 0 Å². The largest absolute Gasteiger partial charge is 0.351 e. The molecule has 0 unspecified atom stereocenters. The van der Waals surface area contributed by atoms with Gasteiger partial charge in [-0.3, -0.25) is 9.69 Å². The lowest BCUT2D eigenvalue weighted by Gasteiger charge is -2.22. The Balaban J connectivity index is 3.79. The van der Waals surface area contributed by atoms with Crippen LogP contribution in [0.15, 0.2) is 12.2 Å². The summed E-state index contributed by atoms with van der Waals surface area (Å²) in [7, 11) is 3.90. The average molecular weight is 256 g/mol. The Morgan fingerprint density at radius 1 is 1.06 bits per heavy atom. The van der Waals surface area contributed by atoms with Crippen LogP contribution in [0.5, 0.6) is 0 Å². The molecule has 106 valence electrons. The molecule has 0 rings (SSSR count). The molecule has 5 nitrogen and oxygen atoms in total. The van der Waals surface area contributed by atoms with Gasteiger partial charge >= 0.3 is 0 Å². The smallest absolute Gasteiger partial charge is 0.243 e. The molecular weight excluding hydrogens is 228 g/mol. The molecule has 0 aromatic heterocycles. The minimum absolute atomic E-state index is 0.000895. The minimum atomic E-state index is -0.000895. The van der Waals surface area contributed by atoms with Crippen LogP contribution in [0.25, 0.3) is 0 Å². The van der Waals surface area contributed by atoms with Gasteiger partial charge in [-0.15, -0.1) is 0 Å². The van der Waals surface area contributed by atoms with Crippen molar-refractivity contribution in [3.05, 3.63) is 12.2 Å². The molecule has 0 aliphatic carbocycles. The van der Waals surface area contributed by atoms with Crippen LogP contribution in [0, 0.1) is 0 Å². The van der Waals surface area contributed by atoms with E-state index in [1.165, 1.54) is 0 Å². The molecule has 0 saturated heterocycles. The summed E-state index contributed by atoms with van der Waals surface area (Å²) in [6.45, 7) is 7.52. The number of allylic oxidation sites excluding steroid dienone is 1. The number of carbonyl (C=O) groups is 1. The lowest BCUT2D eigenvalue weighted by atomic mass is 10.4. The first-order valence-electron chi connectivity index (χ1n) is 6.70. The van der Waals surface area contributed by atoms with Gasteiger partial charge in [-0.05, 0) is 26.6 Å². The van der Waals surface area contributed by atoms with Gasteiger partial charge in [-0.25, -0.2) is 0 Å². The summed E-state index contributed by atoms with van der Waals surface area (Å²) in [6.07, 6.45) is 4.37. The number of hydrogen-bond donors (Lipinski definition) is 3. The van der Waals surface area contributed by atoms with Gasteiger partial charge in [0.1, 0.15) is 0 Å². The van der Waals surface area contributed by atoms with Gasteiger partial charge in [0.05, 0.1) is 0 Å². The van der Waals surface area contributed by atoms with Gasteiger partial charge in [0.2, 0.25) is 5.91 Å². The summed E-state index contributed by atoms with van der Waals surface area (Å²) in [4.78, 5) is 13.7. The first kappa shape index (κ1) is 17.1. The Kier molecular flexibility index (Phi) is 11.9. The van der Waals surface area contributed by atoms with E-state index in [9.17, 15) is 4.79 Å². The maximum absolute atomic E-state index is 11.4. The van der Waals surface area contributed by atoms with E-state index >= 15 is 0 Å². The van der Waals surface area contributed by atoms with E-state index in [4.69, 9.17) is 0 Å². The number of nitrogens with zero attached hydrogens (tertiary/aromatic N) is 1. The number of hydrogen-bond acceptors (Lipinski definition) is 4. The second-order valence-electron chi connectivity index (χ2n) is 4.15. The normalized spacial score (nSPS) is 11.3. The van der Waals surface area contributed by atoms with Gasteiger partial charge in [0, 0.05) is 39.3 Å². The summed E-state index contributed by atoms with van der Waals surface area (Å²) in [5, 5.41) is 9.17. The van der Waals surface area contributed by atoms with Crippen LogP contribution in [-0.2, 0) is 4.79 Å². The van der Waals surface area contributed by atoms with E-state index in [1.807, 2.05) is 27.1 Å². The third-order valence-electron chi connectivity index (χ3n) is 2.59. The van der Waals surface area contributed by atoms with E-state index in [1.54, 1.807) is 6.08 Å². The quantitative estimate of drug-likeness (QED) is 0.449. The average Bonchev–Trinajstić information content (AvgIpc) is 2.38. The van der Waals surface area contributed by atoms with Gasteiger partial charge in [0.25, 0.3) is 0 Å². The number of nitrogens with one attached hydrogen (secondary N) is 3. The molecule has 0 spiro atoms. The molecule has 18 heavy (non-hydrogen) atoms. The Morgan fingerprint density at radius 3 is 2.11 bits per heavy atom. The molecule has 0 aromatic rings. The third kappa shape index (κ3) is 10.3. The zero-order chi connectivity index (χ0) is 13.6. The van der Waals surface area contributed by atoms with E-state index in [0.717, 1.165) is 39.1 Å². The number of carbonyl (C=O) groups excluding carboxylic acids is 1. The van der Waals surface area contributed by atoms with Crippen molar-refractivity contribution < 1.29 is 4.79 Å². The Bertz CT molecular complexity index is 223. The molecule has 0 atom stereocenters. The molecule has 0 aliphatic heterocycles. The molecule has 0 radical (unpaired) electrons. The molecule has 5 heteroatoms. The van der Waals surface area contributed by atoms with E-state index < -0.39 is 0 Å². The minimum Gasteiger partial charge on any atom is -0.351 e. The number of amides is 1. The summed E-state index contributed by atoms with van der Waals surface area (Å²) < 4.78 is 0. The summed E-state index contributed by atoms with van der Waals surface area (Å²) >= 11 is 0. The monoisotopic (exact) mass is 256 g/mol. The van der Waals surface area contributed by atoms with E-state index in [2.05, 4.69) is 20.9 Å². The van der Waals surface area contributed by atoms with E-state index in [0.29, 0.717) is 6.54 Å². The molecule has 3 N–H and O–H groups in total. The van der Waals surface area contributed by atoms with Crippen molar-refractivity contribution in [1.82, 2.24) is 20.9 Å². The van der Waals surface area contributed by atoms with Crippen LogP contribution in [0.3, 0.4) is 0 Å². The molecule has 0 aliphatic rings. The third-order valence-corrected chi connectivity index (χ3v) is 2.59. The highest BCUT2D eigenvalue weighted by atomic mass is 16.1.